The molecule has 2 atom stereocenters. The van der Waals surface area contributed by atoms with Crippen LogP contribution >= 0.6 is 0 Å². The van der Waals surface area contributed by atoms with Gasteiger partial charge in [0.05, 0.1) is 25.4 Å². The first-order chi connectivity index (χ1) is 38.5. The first-order valence-electron chi connectivity index (χ1n) is 35.3. The lowest BCUT2D eigenvalue weighted by atomic mass is 10.0. The molecule has 0 aromatic rings. The smallest absolute Gasteiger partial charge is 0.305 e. The predicted molar refractivity (Wildman–Crippen MR) is 343 cm³/mol. The highest BCUT2D eigenvalue weighted by molar-refractivity contribution is 5.76. The van der Waals surface area contributed by atoms with E-state index in [1.54, 1.807) is 6.08 Å². The lowest BCUT2D eigenvalue weighted by Crippen LogP contribution is -2.45. The number of ether oxygens (including phenoxy) is 1. The van der Waals surface area contributed by atoms with E-state index in [-0.39, 0.29) is 18.5 Å². The van der Waals surface area contributed by atoms with Gasteiger partial charge < -0.3 is 20.3 Å². The van der Waals surface area contributed by atoms with E-state index in [1.165, 1.54) is 308 Å². The van der Waals surface area contributed by atoms with E-state index in [9.17, 15) is 19.8 Å². The summed E-state index contributed by atoms with van der Waals surface area (Å²) >= 11 is 0. The molecule has 2 unspecified atom stereocenters. The van der Waals surface area contributed by atoms with Crippen molar-refractivity contribution in [1.82, 2.24) is 5.32 Å². The van der Waals surface area contributed by atoms with Gasteiger partial charge >= 0.3 is 5.97 Å². The molecule has 0 saturated heterocycles. The number of rotatable bonds is 66. The summed E-state index contributed by atoms with van der Waals surface area (Å²) in [6.45, 7) is 4.91. The van der Waals surface area contributed by atoms with Gasteiger partial charge in [-0.2, -0.15) is 0 Å². The molecular formula is C72H137NO5. The Morgan fingerprint density at radius 2 is 0.641 bits per heavy atom. The summed E-state index contributed by atoms with van der Waals surface area (Å²) in [7, 11) is 0. The van der Waals surface area contributed by atoms with Gasteiger partial charge in [0.25, 0.3) is 0 Å². The molecule has 0 bridgehead atoms. The fraction of sp³-hybridized carbons (Fsp3) is 0.889. The maximum atomic E-state index is 12.5. The third kappa shape index (κ3) is 63.3. The van der Waals surface area contributed by atoms with Crippen LogP contribution in [0.1, 0.15) is 386 Å². The normalized spacial score (nSPS) is 12.7. The number of carbonyl (C=O) groups excluding carboxylic acids is 2. The summed E-state index contributed by atoms with van der Waals surface area (Å²) in [6, 6.07) is -0.628. The van der Waals surface area contributed by atoms with Crippen LogP contribution in [0.2, 0.25) is 0 Å². The SMILES string of the molecule is CCCCC/C=C\C/C=C\CCCCCCCCCCCC(=O)OCCCCCCCCCCCCCCCCCCCCCCCCCC(=O)NC(CO)C(O)/C=C/CCCCCCCCCCCCCCCCCCC. The number of aliphatic hydroxyl groups is 2. The van der Waals surface area contributed by atoms with Crippen LogP contribution in [0.25, 0.3) is 0 Å². The molecule has 1 amide bonds. The minimum Gasteiger partial charge on any atom is -0.466 e. The van der Waals surface area contributed by atoms with E-state index in [1.807, 2.05) is 6.08 Å². The number of aliphatic hydroxyl groups excluding tert-OH is 2. The van der Waals surface area contributed by atoms with Crippen LogP contribution in [0.15, 0.2) is 36.5 Å². The number of nitrogens with one attached hydrogen (secondary N) is 1. The van der Waals surface area contributed by atoms with Crippen molar-refractivity contribution in [3.63, 3.8) is 0 Å². The molecule has 0 fully saturated rings. The average Bonchev–Trinajstić information content (AvgIpc) is 3.44. The Bertz CT molecular complexity index is 1260. The van der Waals surface area contributed by atoms with Crippen LogP contribution in [0.3, 0.4) is 0 Å². The largest absolute Gasteiger partial charge is 0.466 e. The minimum atomic E-state index is -0.845. The Morgan fingerprint density at radius 1 is 0.359 bits per heavy atom. The van der Waals surface area contributed by atoms with Crippen molar-refractivity contribution in [2.75, 3.05) is 13.2 Å². The quantitative estimate of drug-likeness (QED) is 0.0320. The molecule has 0 heterocycles. The number of hydrogen-bond donors (Lipinski definition) is 3. The molecule has 78 heavy (non-hydrogen) atoms. The molecule has 0 saturated carbocycles. The molecule has 0 aliphatic carbocycles. The molecule has 460 valence electrons. The van der Waals surface area contributed by atoms with Gasteiger partial charge in [0.15, 0.2) is 0 Å². The van der Waals surface area contributed by atoms with Crippen LogP contribution in [0, 0.1) is 0 Å². The molecule has 0 aliphatic heterocycles. The Balaban J connectivity index is 3.39. The van der Waals surface area contributed by atoms with E-state index in [0.717, 1.165) is 51.4 Å². The molecule has 0 radical (unpaired) electrons. The van der Waals surface area contributed by atoms with Crippen LogP contribution in [0.5, 0.6) is 0 Å². The summed E-state index contributed by atoms with van der Waals surface area (Å²) in [5.41, 5.74) is 0. The van der Waals surface area contributed by atoms with Gasteiger partial charge in [-0.25, -0.2) is 0 Å². The number of carbonyl (C=O) groups is 2. The Kier molecular flexibility index (Phi) is 65.9. The zero-order valence-corrected chi connectivity index (χ0v) is 52.7. The molecular weight excluding hydrogens is 959 g/mol. The van der Waals surface area contributed by atoms with Gasteiger partial charge in [-0.15, -0.1) is 0 Å². The highest BCUT2D eigenvalue weighted by Crippen LogP contribution is 2.19. The molecule has 6 nitrogen and oxygen atoms in total. The second kappa shape index (κ2) is 67.6. The van der Waals surface area contributed by atoms with Gasteiger partial charge in [0.1, 0.15) is 0 Å². The summed E-state index contributed by atoms with van der Waals surface area (Å²) in [5, 5.41) is 23.2. The van der Waals surface area contributed by atoms with Crippen molar-refractivity contribution in [3.8, 4) is 0 Å². The van der Waals surface area contributed by atoms with Gasteiger partial charge in [-0.1, -0.05) is 346 Å². The lowest BCUT2D eigenvalue weighted by Gasteiger charge is -2.20. The number of amides is 1. The molecule has 0 spiro atoms. The topological polar surface area (TPSA) is 95.9 Å². The standard InChI is InChI=1S/C72H137NO5/c1-3-5-7-9-11-13-15-17-19-21-28-32-36-40-44-48-52-56-60-64-70(75)69(68-74)73-71(76)65-61-57-53-49-45-41-37-33-30-26-24-23-25-27-31-35-39-43-47-51-55-59-63-67-78-72(77)66-62-58-54-50-46-42-38-34-29-22-20-18-16-14-12-10-8-6-4-2/h12,14,18,20,60,64,69-70,74-75H,3-11,13,15-17,19,21-59,61-63,65-68H2,1-2H3,(H,73,76)/b14-12-,20-18-,64-60+. The summed E-state index contributed by atoms with van der Waals surface area (Å²) < 4.78 is 5.51. The van der Waals surface area contributed by atoms with Crippen molar-refractivity contribution < 1.29 is 24.5 Å². The van der Waals surface area contributed by atoms with Gasteiger partial charge in [0, 0.05) is 12.8 Å². The van der Waals surface area contributed by atoms with Crippen molar-refractivity contribution >= 4 is 11.9 Å². The Hall–Kier alpha value is -1.92. The maximum absolute atomic E-state index is 12.5. The van der Waals surface area contributed by atoms with Crippen molar-refractivity contribution in [2.45, 2.75) is 398 Å². The van der Waals surface area contributed by atoms with Gasteiger partial charge in [-0.05, 0) is 64.2 Å². The second-order valence-electron chi connectivity index (χ2n) is 24.2. The highest BCUT2D eigenvalue weighted by Gasteiger charge is 2.18. The van der Waals surface area contributed by atoms with E-state index in [0.29, 0.717) is 19.4 Å². The third-order valence-corrected chi connectivity index (χ3v) is 16.4. The first-order valence-corrected chi connectivity index (χ1v) is 35.3. The lowest BCUT2D eigenvalue weighted by molar-refractivity contribution is -0.143. The molecule has 6 heteroatoms. The van der Waals surface area contributed by atoms with Crippen molar-refractivity contribution in [1.29, 1.82) is 0 Å². The molecule has 0 rings (SSSR count). The number of allylic oxidation sites excluding steroid dienone is 5. The van der Waals surface area contributed by atoms with Crippen molar-refractivity contribution in [2.24, 2.45) is 0 Å². The fourth-order valence-electron chi connectivity index (χ4n) is 11.0. The maximum Gasteiger partial charge on any atom is 0.305 e. The number of esters is 1. The molecule has 0 aromatic heterocycles. The van der Waals surface area contributed by atoms with Crippen molar-refractivity contribution in [3.05, 3.63) is 36.5 Å². The monoisotopic (exact) mass is 1100 g/mol. The summed E-state index contributed by atoms with van der Waals surface area (Å²) in [5.74, 6) is -0.0535. The predicted octanol–water partition coefficient (Wildman–Crippen LogP) is 22.7. The fourth-order valence-corrected chi connectivity index (χ4v) is 11.0. The van der Waals surface area contributed by atoms with Crippen LogP contribution < -0.4 is 5.32 Å². The highest BCUT2D eigenvalue weighted by atomic mass is 16.5. The number of unbranched alkanes of at least 4 members (excludes halogenated alkanes) is 51. The van der Waals surface area contributed by atoms with E-state index in [4.69, 9.17) is 4.74 Å². The van der Waals surface area contributed by atoms with E-state index >= 15 is 0 Å². The van der Waals surface area contributed by atoms with Crippen LogP contribution in [-0.4, -0.2) is 47.4 Å². The van der Waals surface area contributed by atoms with Gasteiger partial charge in [0.2, 0.25) is 5.91 Å². The second-order valence-corrected chi connectivity index (χ2v) is 24.2. The molecule has 3 N–H and O–H groups in total. The van der Waals surface area contributed by atoms with Crippen LogP contribution in [0.4, 0.5) is 0 Å². The minimum absolute atomic E-state index is 0.0107. The van der Waals surface area contributed by atoms with Crippen LogP contribution in [-0.2, 0) is 14.3 Å². The van der Waals surface area contributed by atoms with E-state index < -0.39 is 12.1 Å². The zero-order valence-electron chi connectivity index (χ0n) is 52.7. The number of hydrogen-bond acceptors (Lipinski definition) is 5. The molecule has 0 aliphatic rings. The molecule has 0 aromatic carbocycles. The average molecular weight is 1100 g/mol. The summed E-state index contributed by atoms with van der Waals surface area (Å²) in [4.78, 5) is 24.6. The first kappa shape index (κ1) is 76.1. The Morgan fingerprint density at radius 3 is 1.00 bits per heavy atom. The summed E-state index contributed by atoms with van der Waals surface area (Å²) in [6.07, 6.45) is 86.4. The van der Waals surface area contributed by atoms with Gasteiger partial charge in [-0.3, -0.25) is 9.59 Å². The Labute approximate surface area is 487 Å². The zero-order chi connectivity index (χ0) is 56.4. The third-order valence-electron chi connectivity index (χ3n) is 16.4. The van der Waals surface area contributed by atoms with E-state index in [2.05, 4.69) is 43.5 Å².